The lowest BCUT2D eigenvalue weighted by Gasteiger charge is -2.43. The second kappa shape index (κ2) is 6.47. The van der Waals surface area contributed by atoms with E-state index in [-0.39, 0.29) is 5.41 Å². The zero-order valence-electron chi connectivity index (χ0n) is 12.5. The van der Waals surface area contributed by atoms with Gasteiger partial charge >= 0.3 is 0 Å². The minimum atomic E-state index is -0.0597. The molecule has 19 heavy (non-hydrogen) atoms. The molecule has 0 aromatic carbocycles. The molecule has 0 atom stereocenters. The zero-order valence-corrected chi connectivity index (χ0v) is 13.2. The summed E-state index contributed by atoms with van der Waals surface area (Å²) in [4.78, 5) is 15.2. The Labute approximate surface area is 122 Å². The lowest BCUT2D eigenvalue weighted by Crippen LogP contribution is -2.51. The summed E-state index contributed by atoms with van der Waals surface area (Å²) in [6.07, 6.45) is 9.31. The molecule has 110 valence electrons. The first-order valence-electron chi connectivity index (χ1n) is 7.96. The third-order valence-corrected chi connectivity index (χ3v) is 5.08. The van der Waals surface area contributed by atoms with E-state index < -0.39 is 0 Å². The van der Waals surface area contributed by atoms with E-state index >= 15 is 0 Å². The molecule has 1 amide bonds. The molecule has 2 saturated carbocycles. The van der Waals surface area contributed by atoms with Crippen molar-refractivity contribution in [3.63, 3.8) is 0 Å². The van der Waals surface area contributed by atoms with Gasteiger partial charge in [0.2, 0.25) is 5.91 Å². The first-order chi connectivity index (χ1) is 9.09. The zero-order chi connectivity index (χ0) is 13.9. The Balaban J connectivity index is 2.11. The number of nitrogens with zero attached hydrogens (tertiary/aromatic N) is 1. The Morgan fingerprint density at radius 1 is 1.26 bits per heavy atom. The van der Waals surface area contributed by atoms with Gasteiger partial charge in [-0.25, -0.2) is 0 Å². The predicted molar refractivity (Wildman–Crippen MR) is 80.4 cm³/mol. The van der Waals surface area contributed by atoms with Crippen molar-refractivity contribution in [1.29, 1.82) is 0 Å². The van der Waals surface area contributed by atoms with Crippen molar-refractivity contribution < 1.29 is 4.79 Å². The summed E-state index contributed by atoms with van der Waals surface area (Å²) in [6.45, 7) is 5.22. The van der Waals surface area contributed by atoms with Gasteiger partial charge in [0.25, 0.3) is 0 Å². The molecule has 2 fully saturated rings. The first-order valence-corrected chi connectivity index (χ1v) is 8.49. The Kier molecular flexibility index (Phi) is 5.16. The highest BCUT2D eigenvalue weighted by Crippen LogP contribution is 2.45. The van der Waals surface area contributed by atoms with Crippen molar-refractivity contribution in [2.45, 2.75) is 71.3 Å². The maximum absolute atomic E-state index is 13.1. The van der Waals surface area contributed by atoms with E-state index in [1.165, 1.54) is 32.1 Å². The van der Waals surface area contributed by atoms with Gasteiger partial charge < -0.3 is 4.90 Å². The molecular formula is C16H28ClNO. The first kappa shape index (κ1) is 15.2. The summed E-state index contributed by atoms with van der Waals surface area (Å²) >= 11 is 5.93. The predicted octanol–water partition coefficient (Wildman–Crippen LogP) is 4.21. The lowest BCUT2D eigenvalue weighted by atomic mass is 9.76. The van der Waals surface area contributed by atoms with E-state index in [1.54, 1.807) is 0 Å². The maximum atomic E-state index is 13.1. The average Bonchev–Trinajstić information content (AvgIpc) is 2.74. The molecule has 0 aliphatic heterocycles. The summed E-state index contributed by atoms with van der Waals surface area (Å²) in [5, 5.41) is 0. The number of alkyl halides is 1. The highest BCUT2D eigenvalue weighted by molar-refractivity contribution is 6.18. The smallest absolute Gasteiger partial charge is 0.229 e. The van der Waals surface area contributed by atoms with E-state index in [4.69, 9.17) is 11.6 Å². The molecule has 2 nitrogen and oxygen atoms in total. The van der Waals surface area contributed by atoms with Gasteiger partial charge in [-0.2, -0.15) is 0 Å². The van der Waals surface area contributed by atoms with Gasteiger partial charge in [0.1, 0.15) is 0 Å². The standard InChI is InChI=1S/C16H28ClNO/c1-13(2)12-16(8-3-4-9-16)15(19)18(11-10-17)14-6-5-7-14/h13-14H,3-12H2,1-2H3. The third kappa shape index (κ3) is 3.26. The molecule has 0 heterocycles. The van der Waals surface area contributed by atoms with E-state index in [2.05, 4.69) is 18.7 Å². The molecule has 3 heteroatoms. The van der Waals surface area contributed by atoms with E-state index in [9.17, 15) is 4.79 Å². The summed E-state index contributed by atoms with van der Waals surface area (Å²) in [5.41, 5.74) is -0.0597. The van der Waals surface area contributed by atoms with Gasteiger partial charge in [-0.1, -0.05) is 26.7 Å². The summed E-state index contributed by atoms with van der Waals surface area (Å²) in [7, 11) is 0. The molecule has 0 N–H and O–H groups in total. The molecule has 0 aromatic heterocycles. The van der Waals surface area contributed by atoms with Gasteiger partial charge in [-0.05, 0) is 44.4 Å². The second-order valence-electron chi connectivity index (χ2n) is 6.86. The van der Waals surface area contributed by atoms with Crippen LogP contribution in [0.4, 0.5) is 0 Å². The Bertz CT molecular complexity index is 306. The fraction of sp³-hybridized carbons (Fsp3) is 0.938. The van der Waals surface area contributed by atoms with Crippen LogP contribution < -0.4 is 0 Å². The van der Waals surface area contributed by atoms with Crippen LogP contribution in [0, 0.1) is 11.3 Å². The monoisotopic (exact) mass is 285 g/mol. The normalized spacial score (nSPS) is 22.5. The lowest BCUT2D eigenvalue weighted by molar-refractivity contribution is -0.147. The molecule has 0 aromatic rings. The molecule has 0 unspecified atom stereocenters. The van der Waals surface area contributed by atoms with Crippen molar-refractivity contribution in [3.8, 4) is 0 Å². The van der Waals surface area contributed by atoms with E-state index in [1.807, 2.05) is 0 Å². The molecule has 2 aliphatic rings. The SMILES string of the molecule is CC(C)CC1(C(=O)N(CCCl)C2CCC2)CCCC1. The second-order valence-corrected chi connectivity index (χ2v) is 7.24. The number of hydrogen-bond acceptors (Lipinski definition) is 1. The number of carbonyl (C=O) groups excluding carboxylic acids is 1. The van der Waals surface area contributed by atoms with Crippen molar-refractivity contribution in [2.75, 3.05) is 12.4 Å². The van der Waals surface area contributed by atoms with Crippen LogP contribution in [0.1, 0.15) is 65.2 Å². The average molecular weight is 286 g/mol. The van der Waals surface area contributed by atoms with Crippen molar-refractivity contribution in [1.82, 2.24) is 4.90 Å². The van der Waals surface area contributed by atoms with Crippen LogP contribution in [0.15, 0.2) is 0 Å². The number of rotatable bonds is 6. The number of halogens is 1. The van der Waals surface area contributed by atoms with Crippen LogP contribution in [0.5, 0.6) is 0 Å². The van der Waals surface area contributed by atoms with Gasteiger partial charge in [0.15, 0.2) is 0 Å². The van der Waals surface area contributed by atoms with E-state index in [0.717, 1.165) is 25.8 Å². The minimum absolute atomic E-state index is 0.0597. The van der Waals surface area contributed by atoms with Crippen LogP contribution in [0.2, 0.25) is 0 Å². The molecule has 0 saturated heterocycles. The topological polar surface area (TPSA) is 20.3 Å². The van der Waals surface area contributed by atoms with Crippen LogP contribution >= 0.6 is 11.6 Å². The number of hydrogen-bond donors (Lipinski definition) is 0. The third-order valence-electron chi connectivity index (χ3n) is 4.92. The van der Waals surface area contributed by atoms with Crippen LogP contribution in [-0.2, 0) is 4.79 Å². The summed E-state index contributed by atoms with van der Waals surface area (Å²) < 4.78 is 0. The van der Waals surface area contributed by atoms with E-state index in [0.29, 0.717) is 23.7 Å². The largest absolute Gasteiger partial charge is 0.338 e. The van der Waals surface area contributed by atoms with Crippen LogP contribution in [0.25, 0.3) is 0 Å². The van der Waals surface area contributed by atoms with Gasteiger partial charge in [-0.15, -0.1) is 11.6 Å². The van der Waals surface area contributed by atoms with Gasteiger partial charge in [0.05, 0.1) is 0 Å². The fourth-order valence-corrected chi connectivity index (χ4v) is 4.06. The Morgan fingerprint density at radius 3 is 2.32 bits per heavy atom. The number of carbonyl (C=O) groups is 1. The van der Waals surface area contributed by atoms with Crippen molar-refractivity contribution >= 4 is 17.5 Å². The highest BCUT2D eigenvalue weighted by Gasteiger charge is 2.45. The minimum Gasteiger partial charge on any atom is -0.338 e. The fourth-order valence-electron chi connectivity index (χ4n) is 3.88. The quantitative estimate of drug-likeness (QED) is 0.669. The Hall–Kier alpha value is -0.240. The molecule has 0 spiro atoms. The number of amides is 1. The van der Waals surface area contributed by atoms with Crippen molar-refractivity contribution in [2.24, 2.45) is 11.3 Å². The Morgan fingerprint density at radius 2 is 1.89 bits per heavy atom. The molecule has 0 radical (unpaired) electrons. The summed E-state index contributed by atoms with van der Waals surface area (Å²) in [6, 6.07) is 0.482. The van der Waals surface area contributed by atoms with Gasteiger partial charge in [0, 0.05) is 23.9 Å². The van der Waals surface area contributed by atoms with Gasteiger partial charge in [-0.3, -0.25) is 4.79 Å². The van der Waals surface area contributed by atoms with Crippen molar-refractivity contribution in [3.05, 3.63) is 0 Å². The molecule has 2 rings (SSSR count). The molecule has 0 bridgehead atoms. The van der Waals surface area contributed by atoms with Crippen LogP contribution in [-0.4, -0.2) is 29.3 Å². The highest BCUT2D eigenvalue weighted by atomic mass is 35.5. The molecular weight excluding hydrogens is 258 g/mol. The molecule has 2 aliphatic carbocycles. The van der Waals surface area contributed by atoms with Crippen LogP contribution in [0.3, 0.4) is 0 Å². The summed E-state index contributed by atoms with van der Waals surface area (Å²) in [5.74, 6) is 1.59. The maximum Gasteiger partial charge on any atom is 0.229 e.